The Morgan fingerprint density at radius 1 is 1.02 bits per heavy atom. The summed E-state index contributed by atoms with van der Waals surface area (Å²) in [5, 5.41) is 21.7. The first-order valence-corrected chi connectivity index (χ1v) is 16.8. The molecule has 0 aliphatic carbocycles. The van der Waals surface area contributed by atoms with Crippen molar-refractivity contribution >= 4 is 29.8 Å². The zero-order valence-electron chi connectivity index (χ0n) is 30.0. The molecule has 4 rings (SSSR count). The van der Waals surface area contributed by atoms with Gasteiger partial charge in [0, 0.05) is 25.6 Å². The molecule has 3 heterocycles. The molecule has 5 N–H and O–H groups in total. The maximum absolute atomic E-state index is 13.7. The van der Waals surface area contributed by atoms with Crippen LogP contribution in [0.5, 0.6) is 5.75 Å². The second kappa shape index (κ2) is 16.8. The molecule has 0 spiro atoms. The van der Waals surface area contributed by atoms with Crippen LogP contribution < -0.4 is 26.0 Å². The maximum atomic E-state index is 13.7. The number of carboxylic acid groups (broad SMARTS) is 1. The Balaban J connectivity index is 1.86. The number of hydrogen-bond donors (Lipinski definition) is 5. The van der Waals surface area contributed by atoms with Crippen molar-refractivity contribution in [3.8, 4) is 5.75 Å². The zero-order chi connectivity index (χ0) is 36.4. The number of benzene rings is 1. The van der Waals surface area contributed by atoms with Gasteiger partial charge in [-0.05, 0) is 74.3 Å². The number of hydrogen-bond acceptors (Lipinski definition) is 8. The van der Waals surface area contributed by atoms with Crippen LogP contribution in [-0.2, 0) is 31.9 Å². The predicted octanol–water partition coefficient (Wildman–Crippen LogP) is 5.08. The summed E-state index contributed by atoms with van der Waals surface area (Å²) in [6.45, 7) is 15.7. The first kappa shape index (κ1) is 39.1. The summed E-state index contributed by atoms with van der Waals surface area (Å²) >= 11 is 0. The van der Waals surface area contributed by atoms with Crippen molar-refractivity contribution in [1.82, 2.24) is 20.9 Å². The number of ether oxygens (including phenoxy) is 3. The van der Waals surface area contributed by atoms with E-state index in [2.05, 4.69) is 26.3 Å². The first-order chi connectivity index (χ1) is 22.9. The molecule has 0 radical (unpaired) electrons. The number of pyridine rings is 1. The summed E-state index contributed by atoms with van der Waals surface area (Å²) in [5.74, 6) is -0.709. The van der Waals surface area contributed by atoms with Crippen molar-refractivity contribution < 1.29 is 38.5 Å². The number of nitrogens with one attached hydrogen (secondary N) is 4. The number of carbonyl (C=O) groups excluding carboxylic acids is 3. The molecule has 13 nitrogen and oxygen atoms in total. The number of urea groups is 1. The molecule has 270 valence electrons. The van der Waals surface area contributed by atoms with Gasteiger partial charge in [0.25, 0.3) is 0 Å². The summed E-state index contributed by atoms with van der Waals surface area (Å²) in [6.07, 6.45) is 2.42. The van der Waals surface area contributed by atoms with E-state index in [0.29, 0.717) is 31.1 Å². The Bertz CT molecular complexity index is 1420. The topological polar surface area (TPSA) is 177 Å². The molecule has 4 amide bonds. The lowest BCUT2D eigenvalue weighted by atomic mass is 9.70. The molecule has 2 bridgehead atoms. The molecule has 0 fully saturated rings. The van der Waals surface area contributed by atoms with Gasteiger partial charge in [0.1, 0.15) is 28.7 Å². The first-order valence-electron chi connectivity index (χ1n) is 16.8. The summed E-state index contributed by atoms with van der Waals surface area (Å²) in [4.78, 5) is 56.9. The van der Waals surface area contributed by atoms with E-state index in [1.807, 2.05) is 38.1 Å². The second-order valence-corrected chi connectivity index (χ2v) is 14.8. The highest BCUT2D eigenvalue weighted by Crippen LogP contribution is 2.34. The van der Waals surface area contributed by atoms with Gasteiger partial charge in [-0.2, -0.15) is 0 Å². The van der Waals surface area contributed by atoms with Gasteiger partial charge in [0.2, 0.25) is 5.91 Å². The number of aliphatic carboxylic acids is 1. The van der Waals surface area contributed by atoms with E-state index >= 15 is 0 Å². The van der Waals surface area contributed by atoms with Crippen LogP contribution in [0.3, 0.4) is 0 Å². The van der Waals surface area contributed by atoms with Crippen LogP contribution in [0.2, 0.25) is 0 Å². The number of fused-ring (bicyclic) bond motifs is 13. The normalized spacial score (nSPS) is 19.2. The van der Waals surface area contributed by atoms with E-state index in [1.54, 1.807) is 47.6 Å². The van der Waals surface area contributed by atoms with Crippen LogP contribution in [0.15, 0.2) is 42.6 Å². The van der Waals surface area contributed by atoms with Crippen LogP contribution in [0.1, 0.15) is 79.4 Å². The van der Waals surface area contributed by atoms with Gasteiger partial charge in [-0.1, -0.05) is 52.8 Å². The Morgan fingerprint density at radius 2 is 1.69 bits per heavy atom. The van der Waals surface area contributed by atoms with Crippen molar-refractivity contribution in [3.05, 3.63) is 53.7 Å². The summed E-state index contributed by atoms with van der Waals surface area (Å²) in [7, 11) is 0. The van der Waals surface area contributed by atoms with Crippen LogP contribution in [0.4, 0.5) is 15.4 Å². The molecule has 49 heavy (non-hydrogen) atoms. The van der Waals surface area contributed by atoms with Gasteiger partial charge in [0.05, 0.1) is 19.3 Å². The predicted molar refractivity (Wildman–Crippen MR) is 186 cm³/mol. The van der Waals surface area contributed by atoms with Crippen molar-refractivity contribution in [3.63, 3.8) is 0 Å². The van der Waals surface area contributed by atoms with Gasteiger partial charge in [-0.25, -0.2) is 19.4 Å². The zero-order valence-corrected chi connectivity index (χ0v) is 30.0. The highest BCUT2D eigenvalue weighted by Gasteiger charge is 2.50. The van der Waals surface area contributed by atoms with Gasteiger partial charge in [-0.15, -0.1) is 0 Å². The molecule has 2 aromatic rings. The lowest BCUT2D eigenvalue weighted by Gasteiger charge is -2.42. The van der Waals surface area contributed by atoms with E-state index in [0.717, 1.165) is 18.4 Å². The highest BCUT2D eigenvalue weighted by molar-refractivity contribution is 5.91. The molecule has 3 atom stereocenters. The molecule has 13 heteroatoms. The third kappa shape index (κ3) is 11.9. The van der Waals surface area contributed by atoms with Gasteiger partial charge in [0.15, 0.2) is 0 Å². The third-order valence-electron chi connectivity index (χ3n) is 8.26. The van der Waals surface area contributed by atoms with Gasteiger partial charge >= 0.3 is 18.1 Å². The Hall–Kier alpha value is -4.39. The van der Waals surface area contributed by atoms with Crippen molar-refractivity contribution in [1.29, 1.82) is 0 Å². The Morgan fingerprint density at radius 3 is 2.27 bits per heavy atom. The Labute approximate surface area is 289 Å². The average Bonchev–Trinajstić information content (AvgIpc) is 2.98. The fourth-order valence-electron chi connectivity index (χ4n) is 5.21. The minimum absolute atomic E-state index is 0.0554. The Kier molecular flexibility index (Phi) is 13.4. The van der Waals surface area contributed by atoms with E-state index < -0.39 is 46.6 Å². The van der Waals surface area contributed by atoms with Crippen molar-refractivity contribution in [2.24, 2.45) is 11.3 Å². The number of nitrogens with zero attached hydrogens (tertiary/aromatic N) is 1. The van der Waals surface area contributed by atoms with E-state index in [9.17, 15) is 24.3 Å². The molecule has 2 aliphatic rings. The molecule has 0 unspecified atom stereocenters. The van der Waals surface area contributed by atoms with Crippen LogP contribution in [-0.4, -0.2) is 77.1 Å². The number of amides is 4. The monoisotopic (exact) mass is 683 g/mol. The number of rotatable bonds is 7. The SMILES string of the molecule is CC(C)[C@H]1COCCCCOc2ccc(cc2)C[C@@H](NC(=O)N[C@](Cc2ccc(NC(=O)OC(C)(C)C)nc2)(C(=O)O)C(C)(C)C)C(=O)N1. The standard InChI is InChI=1S/C36H53N5O8/c1-23(2)28-22-47-17-9-10-18-48-26-14-11-24(12-15-26)19-27(30(42)38-28)39-32(45)41-36(31(43)44,34(3,4)5)20-25-13-16-29(37-21-25)40-33(46)49-35(6,7)8/h11-16,21,23,27-28H,9-10,17-20,22H2,1-8H3,(H,38,42)(H,43,44)(H,37,40,46)(H2,39,41,45)/t27-,28-,36-/m1/s1. The maximum Gasteiger partial charge on any atom is 0.413 e. The van der Waals surface area contributed by atoms with Crippen LogP contribution in [0, 0.1) is 11.3 Å². The average molecular weight is 684 g/mol. The van der Waals surface area contributed by atoms with Crippen molar-refractivity contribution in [2.45, 2.75) is 104 Å². The second-order valence-electron chi connectivity index (χ2n) is 14.8. The van der Waals surface area contributed by atoms with Gasteiger partial charge in [-0.3, -0.25) is 10.1 Å². The smallest absolute Gasteiger partial charge is 0.413 e. The summed E-state index contributed by atoms with van der Waals surface area (Å²) in [5.41, 5.74) is -2.23. The van der Waals surface area contributed by atoms with Crippen LogP contribution >= 0.6 is 0 Å². The van der Waals surface area contributed by atoms with E-state index in [4.69, 9.17) is 14.2 Å². The number of anilines is 1. The third-order valence-corrected chi connectivity index (χ3v) is 8.26. The molecular weight excluding hydrogens is 630 g/mol. The molecule has 1 aromatic carbocycles. The lowest BCUT2D eigenvalue weighted by molar-refractivity contribution is -0.149. The van der Waals surface area contributed by atoms with E-state index in [1.165, 1.54) is 12.3 Å². The number of carbonyl (C=O) groups is 4. The fourth-order valence-corrected chi connectivity index (χ4v) is 5.21. The summed E-state index contributed by atoms with van der Waals surface area (Å²) < 4.78 is 17.0. The largest absolute Gasteiger partial charge is 0.494 e. The number of aromatic nitrogens is 1. The lowest BCUT2D eigenvalue weighted by Crippen LogP contribution is -2.67. The molecule has 0 saturated heterocycles. The molecule has 2 aliphatic heterocycles. The van der Waals surface area contributed by atoms with E-state index in [-0.39, 0.29) is 30.6 Å². The minimum atomic E-state index is -1.82. The fraction of sp³-hybridized carbons (Fsp3) is 0.583. The molecule has 0 saturated carbocycles. The summed E-state index contributed by atoms with van der Waals surface area (Å²) in [6, 6.07) is 8.32. The quantitative estimate of drug-likeness (QED) is 0.266. The number of carboxylic acids is 1. The van der Waals surface area contributed by atoms with Gasteiger partial charge < -0.3 is 35.3 Å². The van der Waals surface area contributed by atoms with Crippen molar-refractivity contribution in [2.75, 3.05) is 25.1 Å². The molecule has 1 aromatic heterocycles. The minimum Gasteiger partial charge on any atom is -0.494 e. The van der Waals surface area contributed by atoms with Crippen LogP contribution in [0.25, 0.3) is 0 Å². The highest BCUT2D eigenvalue weighted by atomic mass is 16.6. The molecular formula is C36H53N5O8.